The molecular formula is C24H36N2O11. The lowest BCUT2D eigenvalue weighted by Crippen LogP contribution is -2.58. The molecule has 1 aromatic rings. The molecule has 13 nitrogen and oxygen atoms in total. The molecule has 1 aliphatic rings. The van der Waals surface area contributed by atoms with Crippen molar-refractivity contribution in [2.24, 2.45) is 5.73 Å². The van der Waals surface area contributed by atoms with Crippen molar-refractivity contribution in [3.63, 3.8) is 0 Å². The van der Waals surface area contributed by atoms with Gasteiger partial charge in [0, 0.05) is 12.8 Å². The summed E-state index contributed by atoms with van der Waals surface area (Å²) in [5.74, 6) is -2.39. The minimum Gasteiger partial charge on any atom is -0.459 e. The number of ether oxygens (including phenoxy) is 4. The molecule has 1 fully saturated rings. The van der Waals surface area contributed by atoms with Crippen molar-refractivity contribution in [1.29, 1.82) is 0 Å². The highest BCUT2D eigenvalue weighted by molar-refractivity contribution is 5.87. The SMILES string of the molecule is C[C@@H]1O[C@@H](OC(COC(=O)[C@@H](NC(=O)CCC(N)=O)[C@@H](C)O)OCCc2ccccc2)[C@@H](O)[C@H](O)[C@@H]1O. The molecule has 208 valence electrons. The number of amides is 2. The van der Waals surface area contributed by atoms with Crippen LogP contribution in [0.3, 0.4) is 0 Å². The van der Waals surface area contributed by atoms with Crippen molar-refractivity contribution in [3.8, 4) is 0 Å². The first-order valence-electron chi connectivity index (χ1n) is 11.9. The molecule has 0 bridgehead atoms. The van der Waals surface area contributed by atoms with Crippen molar-refractivity contribution in [1.82, 2.24) is 5.32 Å². The van der Waals surface area contributed by atoms with Gasteiger partial charge in [-0.1, -0.05) is 30.3 Å². The minimum absolute atomic E-state index is 0.124. The van der Waals surface area contributed by atoms with E-state index in [1.807, 2.05) is 30.3 Å². The molecule has 1 aliphatic heterocycles. The van der Waals surface area contributed by atoms with Crippen LogP contribution in [-0.4, -0.2) is 101 Å². The summed E-state index contributed by atoms with van der Waals surface area (Å²) in [4.78, 5) is 35.5. The molecule has 13 heteroatoms. The van der Waals surface area contributed by atoms with Crippen LogP contribution in [0.5, 0.6) is 0 Å². The number of esters is 1. The van der Waals surface area contributed by atoms with E-state index in [1.54, 1.807) is 0 Å². The van der Waals surface area contributed by atoms with E-state index in [-0.39, 0.29) is 19.4 Å². The van der Waals surface area contributed by atoms with Crippen LogP contribution in [0, 0.1) is 0 Å². The summed E-state index contributed by atoms with van der Waals surface area (Å²) in [7, 11) is 0. The fourth-order valence-electron chi connectivity index (χ4n) is 3.45. The largest absolute Gasteiger partial charge is 0.459 e. The highest BCUT2D eigenvalue weighted by Crippen LogP contribution is 2.23. The molecule has 0 spiro atoms. The van der Waals surface area contributed by atoms with Crippen LogP contribution >= 0.6 is 0 Å². The topological polar surface area (TPSA) is 207 Å². The Morgan fingerprint density at radius 2 is 1.76 bits per heavy atom. The second-order valence-corrected chi connectivity index (χ2v) is 8.74. The van der Waals surface area contributed by atoms with Gasteiger partial charge in [0.05, 0.1) is 18.8 Å². The van der Waals surface area contributed by atoms with Crippen molar-refractivity contribution in [2.75, 3.05) is 13.2 Å². The van der Waals surface area contributed by atoms with Crippen LogP contribution in [0.4, 0.5) is 0 Å². The molecule has 8 atom stereocenters. The summed E-state index contributed by atoms with van der Waals surface area (Å²) in [6.07, 6.45) is -9.41. The number of benzene rings is 1. The third-order valence-corrected chi connectivity index (χ3v) is 5.64. The molecular weight excluding hydrogens is 492 g/mol. The molecule has 1 heterocycles. The number of nitrogens with one attached hydrogen (secondary N) is 1. The average molecular weight is 529 g/mol. The predicted octanol–water partition coefficient (Wildman–Crippen LogP) is -1.91. The number of carbonyl (C=O) groups is 3. The summed E-state index contributed by atoms with van der Waals surface area (Å²) in [5, 5.41) is 42.4. The van der Waals surface area contributed by atoms with Gasteiger partial charge in [-0.05, 0) is 25.8 Å². The maximum atomic E-state index is 12.6. The number of nitrogens with two attached hydrogens (primary N) is 1. The Balaban J connectivity index is 2.02. The van der Waals surface area contributed by atoms with E-state index < -0.39 is 73.5 Å². The lowest BCUT2D eigenvalue weighted by Gasteiger charge is -2.40. The van der Waals surface area contributed by atoms with E-state index in [1.165, 1.54) is 13.8 Å². The Morgan fingerprint density at radius 1 is 1.08 bits per heavy atom. The van der Waals surface area contributed by atoms with Crippen LogP contribution in [0.1, 0.15) is 32.3 Å². The molecule has 2 rings (SSSR count). The van der Waals surface area contributed by atoms with Gasteiger partial charge in [-0.25, -0.2) is 4.79 Å². The van der Waals surface area contributed by atoms with Crippen LogP contribution in [-0.2, 0) is 39.8 Å². The normalized spacial score (nSPS) is 26.1. The van der Waals surface area contributed by atoms with Crippen LogP contribution in [0.25, 0.3) is 0 Å². The summed E-state index contributed by atoms with van der Waals surface area (Å²) in [6, 6.07) is 7.92. The standard InChI is InChI=1S/C24H36N2O11/c1-13(27)19(26-17(29)9-8-16(25)28)23(33)35-12-18(34-11-10-15-6-4-3-5-7-15)37-24-22(32)21(31)20(30)14(2)36-24/h3-7,13-14,18-22,24,27,30-32H,8-12H2,1-2H3,(H2,25,28)(H,26,29)/t13-,14+,18?,19+,20-,21-,22+,24+/m1/s1. The zero-order chi connectivity index (χ0) is 27.5. The molecule has 1 unspecified atom stereocenters. The van der Waals surface area contributed by atoms with E-state index in [0.29, 0.717) is 6.42 Å². The molecule has 0 aliphatic carbocycles. The first kappa shape index (κ1) is 30.6. The number of hydrogen-bond acceptors (Lipinski definition) is 11. The first-order valence-corrected chi connectivity index (χ1v) is 11.9. The van der Waals surface area contributed by atoms with Gasteiger partial charge < -0.3 is 50.4 Å². The first-order chi connectivity index (χ1) is 17.5. The van der Waals surface area contributed by atoms with E-state index in [4.69, 9.17) is 24.7 Å². The van der Waals surface area contributed by atoms with Crippen molar-refractivity contribution in [2.45, 2.75) is 82.3 Å². The third-order valence-electron chi connectivity index (χ3n) is 5.64. The summed E-state index contributed by atoms with van der Waals surface area (Å²) < 4.78 is 22.0. The maximum Gasteiger partial charge on any atom is 0.331 e. The molecule has 37 heavy (non-hydrogen) atoms. The monoisotopic (exact) mass is 528 g/mol. The van der Waals surface area contributed by atoms with Crippen molar-refractivity contribution in [3.05, 3.63) is 35.9 Å². The fraction of sp³-hybridized carbons (Fsp3) is 0.625. The number of rotatable bonds is 14. The predicted molar refractivity (Wildman–Crippen MR) is 126 cm³/mol. The highest BCUT2D eigenvalue weighted by Gasteiger charge is 2.43. The molecule has 1 aromatic carbocycles. The maximum absolute atomic E-state index is 12.6. The minimum atomic E-state index is -1.61. The Labute approximate surface area is 214 Å². The highest BCUT2D eigenvalue weighted by atomic mass is 16.8. The Hall–Kier alpha value is -2.65. The van der Waals surface area contributed by atoms with Gasteiger partial charge in [-0.15, -0.1) is 0 Å². The van der Waals surface area contributed by atoms with Gasteiger partial charge in [0.2, 0.25) is 11.8 Å². The number of hydrogen-bond donors (Lipinski definition) is 6. The van der Waals surface area contributed by atoms with Gasteiger partial charge >= 0.3 is 5.97 Å². The Bertz CT molecular complexity index is 870. The second kappa shape index (κ2) is 14.9. The van der Waals surface area contributed by atoms with Crippen molar-refractivity contribution < 1.29 is 53.8 Å². The molecule has 0 radical (unpaired) electrons. The zero-order valence-electron chi connectivity index (χ0n) is 20.8. The molecule has 7 N–H and O–H groups in total. The zero-order valence-corrected chi connectivity index (χ0v) is 20.8. The average Bonchev–Trinajstić information content (AvgIpc) is 2.86. The van der Waals surface area contributed by atoms with E-state index in [0.717, 1.165) is 5.56 Å². The van der Waals surface area contributed by atoms with E-state index >= 15 is 0 Å². The van der Waals surface area contributed by atoms with E-state index in [9.17, 15) is 34.8 Å². The lowest BCUT2D eigenvalue weighted by molar-refractivity contribution is -0.335. The number of primary amides is 1. The number of carbonyl (C=O) groups excluding carboxylic acids is 3. The van der Waals surface area contributed by atoms with Crippen LogP contribution < -0.4 is 11.1 Å². The molecule has 1 saturated heterocycles. The van der Waals surface area contributed by atoms with Crippen molar-refractivity contribution >= 4 is 17.8 Å². The quantitative estimate of drug-likeness (QED) is 0.116. The third kappa shape index (κ3) is 9.97. The number of aliphatic hydroxyl groups is 4. The molecule has 0 aromatic heterocycles. The summed E-state index contributed by atoms with van der Waals surface area (Å²) in [6.45, 7) is 2.35. The summed E-state index contributed by atoms with van der Waals surface area (Å²) in [5.41, 5.74) is 5.98. The van der Waals surface area contributed by atoms with Gasteiger partial charge in [-0.2, -0.15) is 0 Å². The van der Waals surface area contributed by atoms with Gasteiger partial charge in [-0.3, -0.25) is 9.59 Å². The van der Waals surface area contributed by atoms with Gasteiger partial charge in [0.25, 0.3) is 0 Å². The van der Waals surface area contributed by atoms with Gasteiger partial charge in [0.15, 0.2) is 18.6 Å². The van der Waals surface area contributed by atoms with Gasteiger partial charge in [0.1, 0.15) is 24.9 Å². The molecule has 0 saturated carbocycles. The second-order valence-electron chi connectivity index (χ2n) is 8.74. The summed E-state index contributed by atoms with van der Waals surface area (Å²) >= 11 is 0. The smallest absolute Gasteiger partial charge is 0.331 e. The Morgan fingerprint density at radius 3 is 2.38 bits per heavy atom. The van der Waals surface area contributed by atoms with E-state index in [2.05, 4.69) is 5.32 Å². The molecule has 2 amide bonds. The van der Waals surface area contributed by atoms with Crippen LogP contribution in [0.15, 0.2) is 30.3 Å². The fourth-order valence-corrected chi connectivity index (χ4v) is 3.45. The lowest BCUT2D eigenvalue weighted by atomic mass is 10.0. The Kier molecular flexibility index (Phi) is 12.3. The number of aliphatic hydroxyl groups excluding tert-OH is 4. The van der Waals surface area contributed by atoms with Crippen LogP contribution in [0.2, 0.25) is 0 Å².